The van der Waals surface area contributed by atoms with Gasteiger partial charge in [0.25, 0.3) is 0 Å². The van der Waals surface area contributed by atoms with Crippen molar-refractivity contribution < 1.29 is 9.53 Å². The molecule has 0 saturated heterocycles. The smallest absolute Gasteiger partial charge is 0.227 e. The minimum Gasteiger partial charge on any atom is -0.376 e. The minimum atomic E-state index is -0.121. The van der Waals surface area contributed by atoms with Crippen LogP contribution in [0.4, 0.5) is 5.82 Å². The molecule has 2 aromatic heterocycles. The first-order chi connectivity index (χ1) is 12.2. The van der Waals surface area contributed by atoms with E-state index in [9.17, 15) is 4.79 Å². The second-order valence-electron chi connectivity index (χ2n) is 5.64. The molecule has 1 aromatic carbocycles. The van der Waals surface area contributed by atoms with Crippen molar-refractivity contribution in [3.8, 4) is 11.3 Å². The molecule has 3 rings (SSSR count). The normalized spacial score (nSPS) is 10.6. The number of nitrogens with one attached hydrogen (secondary N) is 2. The number of hydrogen-bond acceptors (Lipinski definition) is 4. The second kappa shape index (κ2) is 8.21. The molecule has 2 heterocycles. The summed E-state index contributed by atoms with van der Waals surface area (Å²) in [6.45, 7) is 2.78. The van der Waals surface area contributed by atoms with Gasteiger partial charge in [0.1, 0.15) is 0 Å². The third kappa shape index (κ3) is 4.51. The predicted molar refractivity (Wildman–Crippen MR) is 95.9 cm³/mol. The van der Waals surface area contributed by atoms with E-state index in [2.05, 4.69) is 20.5 Å². The lowest BCUT2D eigenvalue weighted by Gasteiger charge is -2.05. The molecule has 128 valence electrons. The van der Waals surface area contributed by atoms with Gasteiger partial charge in [-0.15, -0.1) is 0 Å². The molecule has 0 aliphatic heterocycles. The first-order valence-corrected chi connectivity index (χ1v) is 8.11. The number of carbonyl (C=O) groups excluding carboxylic acids is 1. The molecule has 1 amide bonds. The summed E-state index contributed by atoms with van der Waals surface area (Å²) in [5.74, 6) is 0.420. The minimum absolute atomic E-state index is 0.121. The van der Waals surface area contributed by atoms with Crippen molar-refractivity contribution in [3.63, 3.8) is 0 Å². The summed E-state index contributed by atoms with van der Waals surface area (Å²) in [6.07, 6.45) is 3.72. The summed E-state index contributed by atoms with van der Waals surface area (Å²) in [5, 5.41) is 9.97. The summed E-state index contributed by atoms with van der Waals surface area (Å²) >= 11 is 0. The molecular formula is C19H20N4O2. The lowest BCUT2D eigenvalue weighted by molar-refractivity contribution is -0.117. The zero-order chi connectivity index (χ0) is 17.5. The molecule has 0 saturated carbocycles. The monoisotopic (exact) mass is 336 g/mol. The molecular weight excluding hydrogens is 316 g/mol. The first-order valence-electron chi connectivity index (χ1n) is 8.11. The van der Waals surface area contributed by atoms with Gasteiger partial charge in [0.15, 0.2) is 5.82 Å². The summed E-state index contributed by atoms with van der Waals surface area (Å²) in [5.41, 5.74) is 3.84. The van der Waals surface area contributed by atoms with Crippen molar-refractivity contribution in [1.82, 2.24) is 15.2 Å². The predicted octanol–water partition coefficient (Wildman–Crippen LogP) is 3.33. The number of hydrogen-bond donors (Lipinski definition) is 2. The number of aromatic nitrogens is 3. The second-order valence-corrected chi connectivity index (χ2v) is 5.64. The number of aromatic amines is 1. The number of H-pyrrole nitrogens is 1. The Bertz CT molecular complexity index is 816. The zero-order valence-corrected chi connectivity index (χ0v) is 14.0. The van der Waals surface area contributed by atoms with Crippen molar-refractivity contribution in [2.24, 2.45) is 0 Å². The Balaban J connectivity index is 1.49. The van der Waals surface area contributed by atoms with Crippen LogP contribution in [-0.4, -0.2) is 27.7 Å². The van der Waals surface area contributed by atoms with Crippen molar-refractivity contribution in [3.05, 3.63) is 66.0 Å². The Morgan fingerprint density at radius 3 is 2.68 bits per heavy atom. The molecule has 0 aliphatic rings. The summed E-state index contributed by atoms with van der Waals surface area (Å²) in [7, 11) is 0. The first kappa shape index (κ1) is 16.9. The highest BCUT2D eigenvalue weighted by Gasteiger charge is 2.13. The molecule has 3 aromatic rings. The maximum absolute atomic E-state index is 12.1. The molecule has 0 unspecified atom stereocenters. The van der Waals surface area contributed by atoms with Gasteiger partial charge in [0, 0.05) is 23.5 Å². The van der Waals surface area contributed by atoms with Gasteiger partial charge in [0.2, 0.25) is 5.91 Å². The fraction of sp³-hybridized carbons (Fsp3) is 0.211. The van der Waals surface area contributed by atoms with Crippen molar-refractivity contribution in [2.75, 3.05) is 11.9 Å². The van der Waals surface area contributed by atoms with E-state index >= 15 is 0 Å². The lowest BCUT2D eigenvalue weighted by atomic mass is 10.1. The average molecular weight is 336 g/mol. The van der Waals surface area contributed by atoms with Crippen LogP contribution in [0.25, 0.3) is 11.3 Å². The Morgan fingerprint density at radius 2 is 1.92 bits per heavy atom. The van der Waals surface area contributed by atoms with Gasteiger partial charge in [0.05, 0.1) is 25.3 Å². The summed E-state index contributed by atoms with van der Waals surface area (Å²) < 4.78 is 5.54. The third-order valence-electron chi connectivity index (χ3n) is 3.82. The van der Waals surface area contributed by atoms with Gasteiger partial charge < -0.3 is 10.1 Å². The molecule has 0 bridgehead atoms. The van der Waals surface area contributed by atoms with E-state index in [1.807, 2.05) is 49.4 Å². The molecule has 0 atom stereocenters. The number of pyridine rings is 1. The third-order valence-corrected chi connectivity index (χ3v) is 3.82. The standard InChI is InChI=1S/C19H20N4O2/c1-14-18(16-7-10-20-11-8-16)22-23-19(14)21-17(24)9-12-25-13-15-5-3-2-4-6-15/h2-8,10-11H,9,12-13H2,1H3,(H2,21,22,23,24). The molecule has 2 N–H and O–H groups in total. The molecule has 6 nitrogen and oxygen atoms in total. The number of nitrogens with zero attached hydrogens (tertiary/aromatic N) is 2. The maximum Gasteiger partial charge on any atom is 0.227 e. The van der Waals surface area contributed by atoms with Crippen LogP contribution in [0.2, 0.25) is 0 Å². The molecule has 0 aliphatic carbocycles. The summed E-state index contributed by atoms with van der Waals surface area (Å²) in [4.78, 5) is 16.1. The van der Waals surface area contributed by atoms with Crippen LogP contribution in [0.1, 0.15) is 17.5 Å². The Kier molecular flexibility index (Phi) is 5.53. The molecule has 0 fully saturated rings. The van der Waals surface area contributed by atoms with Gasteiger partial charge in [-0.2, -0.15) is 5.10 Å². The SMILES string of the molecule is Cc1c(NC(=O)CCOCc2ccccc2)n[nH]c1-c1ccncc1. The van der Waals surface area contributed by atoms with E-state index in [0.29, 0.717) is 19.0 Å². The quantitative estimate of drug-likeness (QED) is 0.649. The maximum atomic E-state index is 12.1. The van der Waals surface area contributed by atoms with E-state index in [-0.39, 0.29) is 12.3 Å². The number of benzene rings is 1. The number of amides is 1. The van der Waals surface area contributed by atoms with Crippen molar-refractivity contribution >= 4 is 11.7 Å². The van der Waals surface area contributed by atoms with Crippen LogP contribution in [0.5, 0.6) is 0 Å². The topological polar surface area (TPSA) is 79.9 Å². The number of carbonyl (C=O) groups is 1. The van der Waals surface area contributed by atoms with E-state index in [1.165, 1.54) is 0 Å². The van der Waals surface area contributed by atoms with Gasteiger partial charge in [-0.3, -0.25) is 14.9 Å². The van der Waals surface area contributed by atoms with Gasteiger partial charge in [-0.25, -0.2) is 0 Å². The van der Waals surface area contributed by atoms with Gasteiger partial charge in [-0.05, 0) is 24.6 Å². The molecule has 0 radical (unpaired) electrons. The number of anilines is 1. The fourth-order valence-electron chi connectivity index (χ4n) is 2.44. The highest BCUT2D eigenvalue weighted by molar-refractivity contribution is 5.91. The highest BCUT2D eigenvalue weighted by Crippen LogP contribution is 2.25. The van der Waals surface area contributed by atoms with Crippen LogP contribution in [-0.2, 0) is 16.1 Å². The van der Waals surface area contributed by atoms with Gasteiger partial charge in [-0.1, -0.05) is 30.3 Å². The lowest BCUT2D eigenvalue weighted by Crippen LogP contribution is -2.15. The fourth-order valence-corrected chi connectivity index (χ4v) is 2.44. The highest BCUT2D eigenvalue weighted by atomic mass is 16.5. The largest absolute Gasteiger partial charge is 0.376 e. The number of ether oxygens (including phenoxy) is 1. The number of rotatable bonds is 7. The van der Waals surface area contributed by atoms with Crippen LogP contribution >= 0.6 is 0 Å². The molecule has 6 heteroatoms. The Hall–Kier alpha value is -2.99. The van der Waals surface area contributed by atoms with E-state index in [1.54, 1.807) is 12.4 Å². The van der Waals surface area contributed by atoms with Crippen LogP contribution < -0.4 is 5.32 Å². The molecule has 25 heavy (non-hydrogen) atoms. The van der Waals surface area contributed by atoms with Crippen LogP contribution in [0.3, 0.4) is 0 Å². The van der Waals surface area contributed by atoms with Crippen LogP contribution in [0, 0.1) is 6.92 Å². The van der Waals surface area contributed by atoms with Crippen molar-refractivity contribution in [2.45, 2.75) is 20.0 Å². The average Bonchev–Trinajstić information content (AvgIpc) is 3.01. The van der Waals surface area contributed by atoms with Crippen LogP contribution in [0.15, 0.2) is 54.9 Å². The summed E-state index contributed by atoms with van der Waals surface area (Å²) in [6, 6.07) is 13.7. The van der Waals surface area contributed by atoms with E-state index in [4.69, 9.17) is 4.74 Å². The Labute approximate surface area is 146 Å². The van der Waals surface area contributed by atoms with E-state index < -0.39 is 0 Å². The Morgan fingerprint density at radius 1 is 1.16 bits per heavy atom. The van der Waals surface area contributed by atoms with E-state index in [0.717, 1.165) is 22.4 Å². The van der Waals surface area contributed by atoms with Crippen molar-refractivity contribution in [1.29, 1.82) is 0 Å². The molecule has 0 spiro atoms. The zero-order valence-electron chi connectivity index (χ0n) is 14.0. The van der Waals surface area contributed by atoms with Gasteiger partial charge >= 0.3 is 0 Å².